The molecule has 0 aliphatic heterocycles. The Balaban J connectivity index is 2.05. The molecule has 2 nitrogen and oxygen atoms in total. The van der Waals surface area contributed by atoms with Gasteiger partial charge in [-0.15, -0.1) is 11.3 Å². The molecule has 0 bridgehead atoms. The molecular weight excluding hydrogens is 290 g/mol. The van der Waals surface area contributed by atoms with E-state index in [-0.39, 0.29) is 0 Å². The van der Waals surface area contributed by atoms with Crippen LogP contribution in [-0.4, -0.2) is 10.9 Å². The first kappa shape index (κ1) is 13.3. The van der Waals surface area contributed by atoms with E-state index in [9.17, 15) is 4.79 Å². The van der Waals surface area contributed by atoms with Crippen LogP contribution in [0.25, 0.3) is 21.0 Å². The molecule has 0 fully saturated rings. The van der Waals surface area contributed by atoms with Gasteiger partial charge < -0.3 is 4.57 Å². The van der Waals surface area contributed by atoms with E-state index in [4.69, 9.17) is 0 Å². The van der Waals surface area contributed by atoms with Crippen LogP contribution in [0, 0.1) is 6.92 Å². The van der Waals surface area contributed by atoms with E-state index in [2.05, 4.69) is 52.4 Å². The number of thiophene rings is 1. The van der Waals surface area contributed by atoms with Gasteiger partial charge in [0.15, 0.2) is 6.29 Å². The molecule has 22 heavy (non-hydrogen) atoms. The minimum atomic E-state index is 0.784. The maximum atomic E-state index is 11.6. The summed E-state index contributed by atoms with van der Waals surface area (Å²) < 4.78 is 3.53. The minimum absolute atomic E-state index is 0.784. The van der Waals surface area contributed by atoms with Crippen LogP contribution in [0.2, 0.25) is 0 Å². The summed E-state index contributed by atoms with van der Waals surface area (Å²) in [5.41, 5.74) is 4.25. The van der Waals surface area contributed by atoms with Crippen LogP contribution >= 0.6 is 11.3 Å². The highest BCUT2D eigenvalue weighted by molar-refractivity contribution is 7.17. The zero-order valence-electron chi connectivity index (χ0n) is 12.2. The normalized spacial score (nSPS) is 11.3. The van der Waals surface area contributed by atoms with Crippen molar-refractivity contribution in [2.24, 2.45) is 0 Å². The van der Waals surface area contributed by atoms with Gasteiger partial charge in [0.25, 0.3) is 0 Å². The molecule has 2 aromatic heterocycles. The monoisotopic (exact) mass is 305 g/mol. The first-order valence-electron chi connectivity index (χ1n) is 7.27. The number of aromatic nitrogens is 1. The van der Waals surface area contributed by atoms with Gasteiger partial charge in [-0.2, -0.15) is 0 Å². The summed E-state index contributed by atoms with van der Waals surface area (Å²) in [6, 6.07) is 16.7. The first-order valence-corrected chi connectivity index (χ1v) is 8.15. The minimum Gasteiger partial charge on any atom is -0.339 e. The van der Waals surface area contributed by atoms with Crippen molar-refractivity contribution in [1.29, 1.82) is 0 Å². The van der Waals surface area contributed by atoms with Crippen molar-refractivity contribution in [1.82, 2.24) is 4.57 Å². The van der Waals surface area contributed by atoms with Gasteiger partial charge in [-0.25, -0.2) is 0 Å². The molecular formula is C19H15NOS. The molecule has 0 aliphatic rings. The number of hydrogen-bond acceptors (Lipinski definition) is 2. The Kier molecular flexibility index (Phi) is 3.09. The fraction of sp³-hybridized carbons (Fsp3) is 0.105. The van der Waals surface area contributed by atoms with E-state index in [1.54, 1.807) is 11.3 Å². The van der Waals surface area contributed by atoms with Crippen LogP contribution in [0.4, 0.5) is 0 Å². The molecule has 0 unspecified atom stereocenters. The second-order valence-corrected chi connectivity index (χ2v) is 6.43. The Morgan fingerprint density at radius 2 is 1.86 bits per heavy atom. The summed E-state index contributed by atoms with van der Waals surface area (Å²) in [7, 11) is 0. The molecule has 0 radical (unpaired) electrons. The Labute approximate surface area is 132 Å². The maximum Gasteiger partial charge on any atom is 0.152 e. The summed E-state index contributed by atoms with van der Waals surface area (Å²) in [5.74, 6) is 0. The average molecular weight is 305 g/mol. The van der Waals surface area contributed by atoms with E-state index >= 15 is 0 Å². The van der Waals surface area contributed by atoms with Crippen LogP contribution in [0.3, 0.4) is 0 Å². The molecule has 108 valence electrons. The standard InChI is InChI=1S/C19H15NOS/c1-13-17(12-21)15-7-8-18-16(9-10-22-18)19(15)20(13)11-14-5-3-2-4-6-14/h2-10,12H,11H2,1H3. The Morgan fingerprint density at radius 1 is 1.05 bits per heavy atom. The molecule has 0 spiro atoms. The van der Waals surface area contributed by atoms with Gasteiger partial charge in [0.05, 0.1) is 5.52 Å². The topological polar surface area (TPSA) is 22.0 Å². The van der Waals surface area contributed by atoms with E-state index in [0.29, 0.717) is 0 Å². The lowest BCUT2D eigenvalue weighted by Gasteiger charge is -2.09. The van der Waals surface area contributed by atoms with Crippen molar-refractivity contribution < 1.29 is 4.79 Å². The average Bonchev–Trinajstić information content (AvgIpc) is 3.11. The maximum absolute atomic E-state index is 11.6. The Hall–Kier alpha value is -2.39. The van der Waals surface area contributed by atoms with Crippen molar-refractivity contribution in [3.63, 3.8) is 0 Å². The van der Waals surface area contributed by atoms with Gasteiger partial charge in [0.1, 0.15) is 0 Å². The molecule has 3 heteroatoms. The molecule has 0 amide bonds. The van der Waals surface area contributed by atoms with Gasteiger partial charge in [-0.3, -0.25) is 4.79 Å². The largest absolute Gasteiger partial charge is 0.339 e. The van der Waals surface area contributed by atoms with Crippen molar-refractivity contribution in [2.75, 3.05) is 0 Å². The van der Waals surface area contributed by atoms with Crippen LogP contribution in [-0.2, 0) is 6.54 Å². The number of benzene rings is 2. The number of nitrogens with zero attached hydrogens (tertiary/aromatic N) is 1. The van der Waals surface area contributed by atoms with E-state index < -0.39 is 0 Å². The molecule has 0 N–H and O–H groups in total. The Morgan fingerprint density at radius 3 is 2.64 bits per heavy atom. The number of fused-ring (bicyclic) bond motifs is 3. The van der Waals surface area contributed by atoms with Crippen LogP contribution in [0.15, 0.2) is 53.9 Å². The fourth-order valence-corrected chi connectivity index (χ4v) is 3.95. The zero-order valence-corrected chi connectivity index (χ0v) is 13.1. The van der Waals surface area contributed by atoms with Crippen molar-refractivity contribution in [3.8, 4) is 0 Å². The first-order chi connectivity index (χ1) is 10.8. The molecule has 2 heterocycles. The van der Waals surface area contributed by atoms with Crippen molar-refractivity contribution in [3.05, 3.63) is 70.7 Å². The van der Waals surface area contributed by atoms with Crippen molar-refractivity contribution in [2.45, 2.75) is 13.5 Å². The van der Waals surface area contributed by atoms with Crippen LogP contribution in [0.5, 0.6) is 0 Å². The molecule has 4 aromatic rings. The second kappa shape index (κ2) is 5.11. The zero-order chi connectivity index (χ0) is 15.1. The number of carbonyl (C=O) groups excluding carboxylic acids is 1. The molecule has 4 rings (SSSR count). The van der Waals surface area contributed by atoms with E-state index in [1.807, 2.05) is 13.0 Å². The van der Waals surface area contributed by atoms with E-state index in [1.165, 1.54) is 21.2 Å². The molecule has 0 saturated carbocycles. The number of hydrogen-bond donors (Lipinski definition) is 0. The lowest BCUT2D eigenvalue weighted by atomic mass is 10.1. The van der Waals surface area contributed by atoms with Gasteiger partial charge in [0, 0.05) is 33.3 Å². The fourth-order valence-electron chi connectivity index (χ4n) is 3.16. The Bertz CT molecular complexity index is 979. The van der Waals surface area contributed by atoms with Gasteiger partial charge >= 0.3 is 0 Å². The third-order valence-corrected chi connectivity index (χ3v) is 5.15. The highest BCUT2D eigenvalue weighted by Crippen LogP contribution is 2.34. The predicted octanol–water partition coefficient (Wildman–Crippen LogP) is 5.03. The quantitative estimate of drug-likeness (QED) is 0.487. The van der Waals surface area contributed by atoms with E-state index in [0.717, 1.165) is 29.5 Å². The molecule has 0 atom stereocenters. The highest BCUT2D eigenvalue weighted by Gasteiger charge is 2.16. The molecule has 0 saturated heterocycles. The molecule has 2 aromatic carbocycles. The lowest BCUT2D eigenvalue weighted by Crippen LogP contribution is -2.02. The summed E-state index contributed by atoms with van der Waals surface area (Å²) >= 11 is 1.74. The molecule has 0 aliphatic carbocycles. The number of carbonyl (C=O) groups is 1. The van der Waals surface area contributed by atoms with Gasteiger partial charge in [-0.1, -0.05) is 36.4 Å². The smallest absolute Gasteiger partial charge is 0.152 e. The summed E-state index contributed by atoms with van der Waals surface area (Å²) in [5, 5.41) is 4.39. The third kappa shape index (κ3) is 1.90. The SMILES string of the molecule is Cc1c(C=O)c2ccc3sccc3c2n1Cc1ccccc1. The van der Waals surface area contributed by atoms with Crippen LogP contribution in [0.1, 0.15) is 21.6 Å². The van der Waals surface area contributed by atoms with Crippen molar-refractivity contribution >= 4 is 38.6 Å². The third-order valence-electron chi connectivity index (χ3n) is 4.26. The lowest BCUT2D eigenvalue weighted by molar-refractivity contribution is 0.112. The summed E-state index contributed by atoms with van der Waals surface area (Å²) in [4.78, 5) is 11.6. The predicted molar refractivity (Wildman–Crippen MR) is 93.0 cm³/mol. The second-order valence-electron chi connectivity index (χ2n) is 5.48. The number of rotatable bonds is 3. The van der Waals surface area contributed by atoms with Crippen LogP contribution < -0.4 is 0 Å². The summed E-state index contributed by atoms with van der Waals surface area (Å²) in [6.07, 6.45) is 0.983. The highest BCUT2D eigenvalue weighted by atomic mass is 32.1. The van der Waals surface area contributed by atoms with Gasteiger partial charge in [0.2, 0.25) is 0 Å². The number of aldehydes is 1. The summed E-state index contributed by atoms with van der Waals surface area (Å²) in [6.45, 7) is 2.82. The van der Waals surface area contributed by atoms with Gasteiger partial charge in [-0.05, 0) is 30.0 Å².